The van der Waals surface area contributed by atoms with Gasteiger partial charge < -0.3 is 15.3 Å². The minimum Gasteiger partial charge on any atom is -0.480 e. The number of rotatable bonds is 9. The molecule has 1 aliphatic rings. The van der Waals surface area contributed by atoms with E-state index in [1.54, 1.807) is 0 Å². The van der Waals surface area contributed by atoms with Gasteiger partial charge in [-0.15, -0.1) is 0 Å². The summed E-state index contributed by atoms with van der Waals surface area (Å²) in [7, 11) is -3.63. The zero-order chi connectivity index (χ0) is 20.2. The van der Waals surface area contributed by atoms with Crippen molar-refractivity contribution in [1.29, 1.82) is 0 Å². The number of carboxylic acid groups (broad SMARTS) is 1. The molecule has 1 aliphatic carbocycles. The van der Waals surface area contributed by atoms with Gasteiger partial charge in [0.15, 0.2) is 0 Å². The summed E-state index contributed by atoms with van der Waals surface area (Å²) in [6, 6.07) is 4.20. The maximum atomic E-state index is 12.7. The van der Waals surface area contributed by atoms with Crippen LogP contribution in [0.15, 0.2) is 29.2 Å². The van der Waals surface area contributed by atoms with Crippen LogP contribution in [0.2, 0.25) is 0 Å². The summed E-state index contributed by atoms with van der Waals surface area (Å²) in [5, 5.41) is 11.7. The summed E-state index contributed by atoms with van der Waals surface area (Å²) in [5.41, 5.74) is 0.163. The fourth-order valence-corrected chi connectivity index (χ4v) is 3.69. The first kappa shape index (κ1) is 20.8. The lowest BCUT2D eigenvalue weighted by Crippen LogP contribution is -2.46. The third-order valence-corrected chi connectivity index (χ3v) is 5.66. The summed E-state index contributed by atoms with van der Waals surface area (Å²) in [5.74, 6) is -2.03. The quantitative estimate of drug-likeness (QED) is 0.544. The number of carboxylic acids is 1. The second-order valence-corrected chi connectivity index (χ2v) is 8.13. The molecule has 0 bridgehead atoms. The normalized spacial score (nSPS) is 15.0. The number of amides is 2. The van der Waals surface area contributed by atoms with E-state index < -0.39 is 27.9 Å². The van der Waals surface area contributed by atoms with Crippen LogP contribution in [0.5, 0.6) is 0 Å². The third kappa shape index (κ3) is 5.76. The number of carbonyl (C=O) groups is 3. The molecule has 0 spiro atoms. The Kier molecular flexibility index (Phi) is 6.55. The molecule has 0 heterocycles. The van der Waals surface area contributed by atoms with Gasteiger partial charge in [-0.05, 0) is 44.0 Å². The van der Waals surface area contributed by atoms with Crippen LogP contribution in [0.25, 0.3) is 0 Å². The van der Waals surface area contributed by atoms with Gasteiger partial charge in [0, 0.05) is 31.6 Å². The monoisotopic (exact) mass is 397 g/mol. The largest absolute Gasteiger partial charge is 0.480 e. The molecule has 1 fully saturated rings. The van der Waals surface area contributed by atoms with Crippen LogP contribution >= 0.6 is 0 Å². The molecule has 148 valence electrons. The average Bonchev–Trinajstić information content (AvgIpc) is 3.40. The van der Waals surface area contributed by atoms with Crippen molar-refractivity contribution in [2.45, 2.75) is 43.7 Å². The van der Waals surface area contributed by atoms with Gasteiger partial charge in [-0.25, -0.2) is 17.9 Å². The first-order chi connectivity index (χ1) is 12.6. The minimum atomic E-state index is -3.63. The Hall–Kier alpha value is -2.46. The number of nitrogens with zero attached hydrogens (tertiary/aromatic N) is 1. The van der Waals surface area contributed by atoms with E-state index in [0.717, 1.165) is 17.7 Å². The molecular weight excluding hydrogens is 374 g/mol. The Bertz CT molecular complexity index is 818. The zero-order valence-electron chi connectivity index (χ0n) is 15.1. The van der Waals surface area contributed by atoms with Crippen molar-refractivity contribution in [2.24, 2.45) is 0 Å². The van der Waals surface area contributed by atoms with Gasteiger partial charge >= 0.3 is 5.97 Å². The van der Waals surface area contributed by atoms with Crippen LogP contribution in [0.4, 0.5) is 0 Å². The minimum absolute atomic E-state index is 0.00909. The van der Waals surface area contributed by atoms with Crippen LogP contribution < -0.4 is 10.0 Å². The highest BCUT2D eigenvalue weighted by Gasteiger charge is 2.29. The molecule has 1 saturated carbocycles. The van der Waals surface area contributed by atoms with Crippen LogP contribution in [-0.2, 0) is 19.6 Å². The highest BCUT2D eigenvalue weighted by Crippen LogP contribution is 2.22. The maximum absolute atomic E-state index is 12.7. The van der Waals surface area contributed by atoms with E-state index in [1.165, 1.54) is 38.1 Å². The van der Waals surface area contributed by atoms with E-state index in [1.807, 2.05) is 0 Å². The van der Waals surface area contributed by atoms with Crippen LogP contribution in [-0.4, -0.2) is 61.4 Å². The number of benzene rings is 1. The number of hydrogen-bond acceptors (Lipinski definition) is 5. The molecule has 0 radical (unpaired) electrons. The van der Waals surface area contributed by atoms with Gasteiger partial charge in [0.2, 0.25) is 15.9 Å². The van der Waals surface area contributed by atoms with Crippen molar-refractivity contribution in [2.75, 3.05) is 13.1 Å². The summed E-state index contributed by atoms with van der Waals surface area (Å²) in [6.07, 6.45) is 1.62. The SMILES string of the molecule is CC(=O)NCCN(C(=O)c1ccc(S(=O)(=O)NC2CC2)cc1)C(C)C(=O)O. The van der Waals surface area contributed by atoms with Crippen LogP contribution in [0, 0.1) is 0 Å². The van der Waals surface area contributed by atoms with Crippen molar-refractivity contribution in [3.8, 4) is 0 Å². The first-order valence-corrected chi connectivity index (χ1v) is 10.0. The molecule has 1 aromatic rings. The summed E-state index contributed by atoms with van der Waals surface area (Å²) in [4.78, 5) is 36.1. The Morgan fingerprint density at radius 1 is 1.22 bits per heavy atom. The van der Waals surface area contributed by atoms with E-state index in [2.05, 4.69) is 10.0 Å². The Balaban J connectivity index is 2.15. The predicted octanol–water partition coefficient (Wildman–Crippen LogP) is 0.179. The maximum Gasteiger partial charge on any atom is 0.326 e. The van der Waals surface area contributed by atoms with Crippen molar-refractivity contribution in [3.05, 3.63) is 29.8 Å². The second-order valence-electron chi connectivity index (χ2n) is 6.42. The molecule has 2 rings (SSSR count). The van der Waals surface area contributed by atoms with Crippen molar-refractivity contribution < 1.29 is 27.9 Å². The fourth-order valence-electron chi connectivity index (χ4n) is 2.39. The smallest absolute Gasteiger partial charge is 0.326 e. The lowest BCUT2D eigenvalue weighted by atomic mass is 10.1. The summed E-state index contributed by atoms with van der Waals surface area (Å²) in [6.45, 7) is 2.81. The van der Waals surface area contributed by atoms with Crippen molar-refractivity contribution in [3.63, 3.8) is 0 Å². The topological polar surface area (TPSA) is 133 Å². The number of hydrogen-bond donors (Lipinski definition) is 3. The second kappa shape index (κ2) is 8.49. The molecule has 0 saturated heterocycles. The summed E-state index contributed by atoms with van der Waals surface area (Å²) >= 11 is 0. The van der Waals surface area contributed by atoms with Gasteiger partial charge in [0.05, 0.1) is 4.90 Å². The first-order valence-electron chi connectivity index (χ1n) is 8.52. The van der Waals surface area contributed by atoms with Crippen molar-refractivity contribution >= 4 is 27.8 Å². The van der Waals surface area contributed by atoms with E-state index in [0.29, 0.717) is 0 Å². The highest BCUT2D eigenvalue weighted by atomic mass is 32.2. The summed E-state index contributed by atoms with van der Waals surface area (Å²) < 4.78 is 26.9. The van der Waals surface area contributed by atoms with Gasteiger partial charge in [-0.2, -0.15) is 0 Å². The Labute approximate surface area is 157 Å². The molecule has 1 atom stereocenters. The molecule has 0 aromatic heterocycles. The van der Waals surface area contributed by atoms with Gasteiger partial charge in [-0.1, -0.05) is 0 Å². The average molecular weight is 397 g/mol. The van der Waals surface area contributed by atoms with Gasteiger partial charge in [0.25, 0.3) is 5.91 Å². The molecule has 3 N–H and O–H groups in total. The van der Waals surface area contributed by atoms with Gasteiger partial charge in [0.1, 0.15) is 6.04 Å². The van der Waals surface area contributed by atoms with Crippen LogP contribution in [0.1, 0.15) is 37.0 Å². The Morgan fingerprint density at radius 2 is 1.81 bits per heavy atom. The molecular formula is C17H23N3O6S. The van der Waals surface area contributed by atoms with E-state index in [4.69, 9.17) is 0 Å². The third-order valence-electron chi connectivity index (χ3n) is 4.12. The molecule has 1 aromatic carbocycles. The zero-order valence-corrected chi connectivity index (χ0v) is 16.0. The number of carbonyl (C=O) groups excluding carboxylic acids is 2. The number of aliphatic carboxylic acids is 1. The molecule has 9 nitrogen and oxygen atoms in total. The van der Waals surface area contributed by atoms with E-state index in [9.17, 15) is 27.9 Å². The number of sulfonamides is 1. The lowest BCUT2D eigenvalue weighted by Gasteiger charge is -2.26. The Morgan fingerprint density at radius 3 is 2.30 bits per heavy atom. The lowest BCUT2D eigenvalue weighted by molar-refractivity contribution is -0.141. The molecule has 27 heavy (non-hydrogen) atoms. The predicted molar refractivity (Wildman–Crippen MR) is 96.6 cm³/mol. The highest BCUT2D eigenvalue weighted by molar-refractivity contribution is 7.89. The van der Waals surface area contributed by atoms with E-state index >= 15 is 0 Å². The molecule has 0 aliphatic heterocycles. The van der Waals surface area contributed by atoms with Crippen molar-refractivity contribution in [1.82, 2.24) is 14.9 Å². The van der Waals surface area contributed by atoms with Gasteiger partial charge in [-0.3, -0.25) is 9.59 Å². The fraction of sp³-hybridized carbons (Fsp3) is 0.471. The number of nitrogens with one attached hydrogen (secondary N) is 2. The molecule has 2 amide bonds. The molecule has 1 unspecified atom stereocenters. The van der Waals surface area contributed by atoms with Crippen LogP contribution in [0.3, 0.4) is 0 Å². The van der Waals surface area contributed by atoms with E-state index in [-0.39, 0.29) is 35.5 Å². The molecule has 10 heteroatoms. The standard InChI is InChI=1S/C17H23N3O6S/c1-11(17(23)24)20(10-9-18-12(2)21)16(22)13-3-7-15(8-4-13)27(25,26)19-14-5-6-14/h3-4,7-8,11,14,19H,5-6,9-10H2,1-2H3,(H,18,21)(H,23,24).